The zero-order valence-electron chi connectivity index (χ0n) is 10.8. The first-order valence-electron chi connectivity index (χ1n) is 6.11. The molecule has 0 amide bonds. The second-order valence-electron chi connectivity index (χ2n) is 4.44. The molecule has 2 heteroatoms. The van der Waals surface area contributed by atoms with Crippen molar-refractivity contribution in [1.29, 1.82) is 0 Å². The molecule has 1 rings (SSSR count). The third-order valence-electron chi connectivity index (χ3n) is 3.44. The number of nitrogens with zero attached hydrogens (tertiary/aromatic N) is 1. The molecule has 1 aromatic carbocycles. The van der Waals surface area contributed by atoms with Crippen molar-refractivity contribution in [2.45, 2.75) is 45.7 Å². The zero-order chi connectivity index (χ0) is 12.1. The number of rotatable bonds is 5. The molecule has 0 fully saturated rings. The van der Waals surface area contributed by atoms with E-state index in [2.05, 4.69) is 32.7 Å². The van der Waals surface area contributed by atoms with Crippen LogP contribution in [0.3, 0.4) is 0 Å². The molecule has 0 aliphatic rings. The van der Waals surface area contributed by atoms with Crippen LogP contribution in [-0.2, 0) is 0 Å². The standard InChI is InChI=1S/C14H23NO/c1-5-11(3)15(4)14(6-2)12-7-9-13(16)10-8-12/h7-11,14,16H,5-6H2,1-4H3. The molecule has 0 heterocycles. The lowest BCUT2D eigenvalue weighted by molar-refractivity contribution is 0.176. The second-order valence-corrected chi connectivity index (χ2v) is 4.44. The van der Waals surface area contributed by atoms with E-state index >= 15 is 0 Å². The fraction of sp³-hybridized carbons (Fsp3) is 0.571. The fourth-order valence-corrected chi connectivity index (χ4v) is 2.05. The molecule has 2 atom stereocenters. The van der Waals surface area contributed by atoms with Crippen molar-refractivity contribution in [3.05, 3.63) is 29.8 Å². The SMILES string of the molecule is CCC(C)N(C)C(CC)c1ccc(O)cc1. The van der Waals surface area contributed by atoms with E-state index in [9.17, 15) is 5.11 Å². The van der Waals surface area contributed by atoms with Crippen LogP contribution in [0.2, 0.25) is 0 Å². The highest BCUT2D eigenvalue weighted by Crippen LogP contribution is 2.26. The molecular weight excluding hydrogens is 198 g/mol. The maximum absolute atomic E-state index is 9.29. The molecule has 0 saturated carbocycles. The minimum absolute atomic E-state index is 0.338. The van der Waals surface area contributed by atoms with Crippen LogP contribution in [0.1, 0.15) is 45.2 Å². The van der Waals surface area contributed by atoms with E-state index in [1.165, 1.54) is 5.56 Å². The molecule has 2 nitrogen and oxygen atoms in total. The van der Waals surface area contributed by atoms with E-state index < -0.39 is 0 Å². The van der Waals surface area contributed by atoms with Gasteiger partial charge in [0.2, 0.25) is 0 Å². The van der Waals surface area contributed by atoms with E-state index in [-0.39, 0.29) is 0 Å². The lowest BCUT2D eigenvalue weighted by Crippen LogP contribution is -2.32. The Morgan fingerprint density at radius 3 is 2.12 bits per heavy atom. The van der Waals surface area contributed by atoms with Crippen molar-refractivity contribution in [2.75, 3.05) is 7.05 Å². The van der Waals surface area contributed by atoms with E-state index in [1.807, 2.05) is 12.1 Å². The van der Waals surface area contributed by atoms with Crippen LogP contribution in [0, 0.1) is 0 Å². The topological polar surface area (TPSA) is 23.5 Å². The van der Waals surface area contributed by atoms with E-state index in [0.29, 0.717) is 17.8 Å². The first kappa shape index (κ1) is 13.0. The molecule has 0 aromatic heterocycles. The van der Waals surface area contributed by atoms with Gasteiger partial charge in [-0.1, -0.05) is 26.0 Å². The average molecular weight is 221 g/mol. The Hall–Kier alpha value is -1.02. The maximum atomic E-state index is 9.29. The molecular formula is C14H23NO. The Morgan fingerprint density at radius 1 is 1.12 bits per heavy atom. The largest absolute Gasteiger partial charge is 0.508 e. The van der Waals surface area contributed by atoms with Gasteiger partial charge in [-0.15, -0.1) is 0 Å². The molecule has 2 unspecified atom stereocenters. The Bertz CT molecular complexity index is 307. The van der Waals surface area contributed by atoms with Crippen LogP contribution in [0.5, 0.6) is 5.75 Å². The van der Waals surface area contributed by atoms with Crippen LogP contribution in [0.15, 0.2) is 24.3 Å². The van der Waals surface area contributed by atoms with Gasteiger partial charge in [0.1, 0.15) is 5.75 Å². The minimum atomic E-state index is 0.338. The lowest BCUT2D eigenvalue weighted by Gasteiger charge is -2.32. The van der Waals surface area contributed by atoms with Gasteiger partial charge in [0.25, 0.3) is 0 Å². The molecule has 0 aliphatic heterocycles. The summed E-state index contributed by atoms with van der Waals surface area (Å²) in [6, 6.07) is 8.59. The highest BCUT2D eigenvalue weighted by Gasteiger charge is 2.18. The summed E-state index contributed by atoms with van der Waals surface area (Å²) < 4.78 is 0. The van der Waals surface area contributed by atoms with Crippen LogP contribution in [0.25, 0.3) is 0 Å². The second kappa shape index (κ2) is 5.90. The number of hydrogen-bond donors (Lipinski definition) is 1. The van der Waals surface area contributed by atoms with Gasteiger partial charge in [-0.25, -0.2) is 0 Å². The predicted molar refractivity (Wildman–Crippen MR) is 68.7 cm³/mol. The van der Waals surface area contributed by atoms with Crippen molar-refractivity contribution >= 4 is 0 Å². The average Bonchev–Trinajstić information content (AvgIpc) is 2.31. The summed E-state index contributed by atoms with van der Waals surface area (Å²) >= 11 is 0. The van der Waals surface area contributed by atoms with E-state index in [0.717, 1.165) is 12.8 Å². The highest BCUT2D eigenvalue weighted by atomic mass is 16.3. The Kier molecular flexibility index (Phi) is 4.81. The van der Waals surface area contributed by atoms with Gasteiger partial charge in [-0.2, -0.15) is 0 Å². The van der Waals surface area contributed by atoms with Crippen molar-refractivity contribution in [3.63, 3.8) is 0 Å². The fourth-order valence-electron chi connectivity index (χ4n) is 2.05. The monoisotopic (exact) mass is 221 g/mol. The van der Waals surface area contributed by atoms with Gasteiger partial charge in [0.05, 0.1) is 0 Å². The van der Waals surface area contributed by atoms with Crippen molar-refractivity contribution in [3.8, 4) is 5.75 Å². The Labute approximate surface area is 98.9 Å². The summed E-state index contributed by atoms with van der Waals surface area (Å²) in [4.78, 5) is 2.41. The van der Waals surface area contributed by atoms with E-state index in [4.69, 9.17) is 0 Å². The quantitative estimate of drug-likeness (QED) is 0.821. The summed E-state index contributed by atoms with van der Waals surface area (Å²) in [5.74, 6) is 0.338. The van der Waals surface area contributed by atoms with Crippen molar-refractivity contribution < 1.29 is 5.11 Å². The molecule has 1 aromatic rings. The summed E-state index contributed by atoms with van der Waals surface area (Å²) in [7, 11) is 2.18. The Balaban J connectivity index is 2.85. The third-order valence-corrected chi connectivity index (χ3v) is 3.44. The number of hydrogen-bond acceptors (Lipinski definition) is 2. The molecule has 0 aliphatic carbocycles. The molecule has 0 saturated heterocycles. The Morgan fingerprint density at radius 2 is 1.69 bits per heavy atom. The smallest absolute Gasteiger partial charge is 0.115 e. The van der Waals surface area contributed by atoms with E-state index in [1.54, 1.807) is 12.1 Å². The molecule has 0 spiro atoms. The third kappa shape index (κ3) is 2.99. The van der Waals surface area contributed by atoms with Crippen LogP contribution in [-0.4, -0.2) is 23.1 Å². The van der Waals surface area contributed by atoms with Crippen LogP contribution >= 0.6 is 0 Å². The first-order chi connectivity index (χ1) is 7.60. The van der Waals surface area contributed by atoms with Crippen LogP contribution < -0.4 is 0 Å². The zero-order valence-corrected chi connectivity index (χ0v) is 10.8. The summed E-state index contributed by atoms with van der Waals surface area (Å²) in [5, 5.41) is 9.29. The number of phenolic OH excluding ortho intramolecular Hbond substituents is 1. The normalized spacial score (nSPS) is 15.1. The van der Waals surface area contributed by atoms with Gasteiger partial charge in [-0.3, -0.25) is 4.90 Å². The summed E-state index contributed by atoms with van der Waals surface area (Å²) in [5.41, 5.74) is 1.28. The molecule has 0 radical (unpaired) electrons. The molecule has 0 bridgehead atoms. The summed E-state index contributed by atoms with van der Waals surface area (Å²) in [6.07, 6.45) is 2.25. The minimum Gasteiger partial charge on any atom is -0.508 e. The maximum Gasteiger partial charge on any atom is 0.115 e. The van der Waals surface area contributed by atoms with Gasteiger partial charge in [0, 0.05) is 12.1 Å². The van der Waals surface area contributed by atoms with Gasteiger partial charge >= 0.3 is 0 Å². The van der Waals surface area contributed by atoms with Crippen LogP contribution in [0.4, 0.5) is 0 Å². The predicted octanol–water partition coefficient (Wildman–Crippen LogP) is 3.57. The van der Waals surface area contributed by atoms with Gasteiger partial charge < -0.3 is 5.11 Å². The number of phenols is 1. The lowest BCUT2D eigenvalue weighted by atomic mass is 10.0. The first-order valence-corrected chi connectivity index (χ1v) is 6.11. The molecule has 90 valence electrons. The number of benzene rings is 1. The molecule has 16 heavy (non-hydrogen) atoms. The van der Waals surface area contributed by atoms with Gasteiger partial charge in [0.15, 0.2) is 0 Å². The molecule has 1 N–H and O–H groups in total. The van der Waals surface area contributed by atoms with Crippen molar-refractivity contribution in [2.24, 2.45) is 0 Å². The van der Waals surface area contributed by atoms with Crippen molar-refractivity contribution in [1.82, 2.24) is 4.90 Å². The number of aromatic hydroxyl groups is 1. The van der Waals surface area contributed by atoms with Gasteiger partial charge in [-0.05, 0) is 44.5 Å². The summed E-state index contributed by atoms with van der Waals surface area (Å²) in [6.45, 7) is 6.67. The highest BCUT2D eigenvalue weighted by molar-refractivity contribution is 5.28.